The SMILES string of the molecule is COc1ccccc1CN1CCC(NC2CC2)C1. The second-order valence-electron chi connectivity index (χ2n) is 5.47. The van der Waals surface area contributed by atoms with Gasteiger partial charge in [0, 0.05) is 37.3 Å². The Balaban J connectivity index is 1.56. The Morgan fingerprint density at radius 1 is 1.22 bits per heavy atom. The number of hydrogen-bond donors (Lipinski definition) is 1. The molecule has 1 aromatic rings. The van der Waals surface area contributed by atoms with Crippen molar-refractivity contribution in [3.63, 3.8) is 0 Å². The van der Waals surface area contributed by atoms with Crippen LogP contribution in [0.2, 0.25) is 0 Å². The van der Waals surface area contributed by atoms with E-state index < -0.39 is 0 Å². The van der Waals surface area contributed by atoms with Crippen LogP contribution in [0.1, 0.15) is 24.8 Å². The number of hydrogen-bond acceptors (Lipinski definition) is 3. The second-order valence-corrected chi connectivity index (χ2v) is 5.47. The number of para-hydroxylation sites is 1. The maximum atomic E-state index is 5.41. The van der Waals surface area contributed by atoms with Crippen LogP contribution >= 0.6 is 0 Å². The third-order valence-electron chi connectivity index (χ3n) is 3.91. The van der Waals surface area contributed by atoms with E-state index >= 15 is 0 Å². The molecule has 1 aliphatic heterocycles. The lowest BCUT2D eigenvalue weighted by molar-refractivity contribution is 0.311. The van der Waals surface area contributed by atoms with E-state index in [0.717, 1.165) is 18.3 Å². The van der Waals surface area contributed by atoms with Gasteiger partial charge in [0.1, 0.15) is 5.75 Å². The Hall–Kier alpha value is -1.06. The summed E-state index contributed by atoms with van der Waals surface area (Å²) in [6.07, 6.45) is 4.04. The molecule has 1 heterocycles. The lowest BCUT2D eigenvalue weighted by Crippen LogP contribution is -2.33. The predicted molar refractivity (Wildman–Crippen MR) is 72.8 cm³/mol. The van der Waals surface area contributed by atoms with Crippen LogP contribution < -0.4 is 10.1 Å². The van der Waals surface area contributed by atoms with E-state index in [-0.39, 0.29) is 0 Å². The summed E-state index contributed by atoms with van der Waals surface area (Å²) in [7, 11) is 1.75. The van der Waals surface area contributed by atoms with E-state index in [9.17, 15) is 0 Å². The zero-order valence-electron chi connectivity index (χ0n) is 11.1. The number of methoxy groups -OCH3 is 1. The summed E-state index contributed by atoms with van der Waals surface area (Å²) in [6, 6.07) is 9.86. The first-order valence-electron chi connectivity index (χ1n) is 6.95. The number of benzene rings is 1. The van der Waals surface area contributed by atoms with E-state index in [2.05, 4.69) is 22.3 Å². The van der Waals surface area contributed by atoms with Crippen LogP contribution in [0.3, 0.4) is 0 Å². The molecule has 0 spiro atoms. The van der Waals surface area contributed by atoms with E-state index in [4.69, 9.17) is 4.74 Å². The first kappa shape index (κ1) is 12.0. The van der Waals surface area contributed by atoms with Crippen molar-refractivity contribution in [2.75, 3.05) is 20.2 Å². The van der Waals surface area contributed by atoms with Crippen LogP contribution in [0.4, 0.5) is 0 Å². The molecule has 3 heteroatoms. The summed E-state index contributed by atoms with van der Waals surface area (Å²) >= 11 is 0. The van der Waals surface area contributed by atoms with Gasteiger partial charge in [0.15, 0.2) is 0 Å². The van der Waals surface area contributed by atoms with Crippen molar-refractivity contribution in [2.45, 2.75) is 37.9 Å². The molecule has 0 aromatic heterocycles. The molecule has 1 saturated heterocycles. The maximum absolute atomic E-state index is 5.41. The Morgan fingerprint density at radius 2 is 2.06 bits per heavy atom. The Kier molecular flexibility index (Phi) is 3.52. The largest absolute Gasteiger partial charge is 0.496 e. The molecule has 1 unspecified atom stereocenters. The first-order valence-corrected chi connectivity index (χ1v) is 6.95. The van der Waals surface area contributed by atoms with Crippen LogP contribution in [-0.2, 0) is 6.54 Å². The molecule has 1 aromatic carbocycles. The highest BCUT2D eigenvalue weighted by molar-refractivity contribution is 5.33. The predicted octanol–water partition coefficient (Wildman–Crippen LogP) is 2.02. The fourth-order valence-electron chi connectivity index (χ4n) is 2.77. The van der Waals surface area contributed by atoms with Crippen LogP contribution in [0.25, 0.3) is 0 Å². The molecule has 2 aliphatic rings. The van der Waals surface area contributed by atoms with Crippen molar-refractivity contribution in [3.05, 3.63) is 29.8 Å². The quantitative estimate of drug-likeness (QED) is 0.860. The lowest BCUT2D eigenvalue weighted by Gasteiger charge is -2.18. The molecule has 1 N–H and O–H groups in total. The molecular weight excluding hydrogens is 224 g/mol. The molecule has 1 aliphatic carbocycles. The van der Waals surface area contributed by atoms with Gasteiger partial charge in [0.05, 0.1) is 7.11 Å². The molecular formula is C15H22N2O. The highest BCUT2D eigenvalue weighted by Crippen LogP contribution is 2.24. The van der Waals surface area contributed by atoms with Crippen molar-refractivity contribution in [3.8, 4) is 5.75 Å². The van der Waals surface area contributed by atoms with Crippen molar-refractivity contribution in [1.29, 1.82) is 0 Å². The van der Waals surface area contributed by atoms with Gasteiger partial charge in [-0.2, -0.15) is 0 Å². The van der Waals surface area contributed by atoms with Gasteiger partial charge in [-0.25, -0.2) is 0 Å². The monoisotopic (exact) mass is 246 g/mol. The molecule has 98 valence electrons. The lowest BCUT2D eigenvalue weighted by atomic mass is 10.2. The van der Waals surface area contributed by atoms with Gasteiger partial charge in [0.25, 0.3) is 0 Å². The third-order valence-corrected chi connectivity index (χ3v) is 3.91. The fourth-order valence-corrected chi connectivity index (χ4v) is 2.77. The van der Waals surface area contributed by atoms with Gasteiger partial charge in [-0.05, 0) is 25.3 Å². The van der Waals surface area contributed by atoms with Crippen LogP contribution in [0.15, 0.2) is 24.3 Å². The smallest absolute Gasteiger partial charge is 0.123 e. The highest BCUT2D eigenvalue weighted by Gasteiger charge is 2.29. The van der Waals surface area contributed by atoms with Gasteiger partial charge in [-0.15, -0.1) is 0 Å². The van der Waals surface area contributed by atoms with Gasteiger partial charge in [-0.3, -0.25) is 4.90 Å². The molecule has 1 saturated carbocycles. The van der Waals surface area contributed by atoms with Crippen molar-refractivity contribution in [1.82, 2.24) is 10.2 Å². The summed E-state index contributed by atoms with van der Waals surface area (Å²) in [6.45, 7) is 3.38. The molecule has 0 radical (unpaired) electrons. The Bertz CT molecular complexity index is 403. The molecule has 3 nitrogen and oxygen atoms in total. The minimum absolute atomic E-state index is 0.701. The summed E-state index contributed by atoms with van der Waals surface area (Å²) < 4.78 is 5.41. The molecule has 2 fully saturated rings. The molecule has 3 rings (SSSR count). The van der Waals surface area contributed by atoms with Crippen LogP contribution in [0, 0.1) is 0 Å². The zero-order chi connectivity index (χ0) is 12.4. The average molecular weight is 246 g/mol. The highest BCUT2D eigenvalue weighted by atomic mass is 16.5. The van der Waals surface area contributed by atoms with Gasteiger partial charge < -0.3 is 10.1 Å². The minimum Gasteiger partial charge on any atom is -0.496 e. The van der Waals surface area contributed by atoms with Crippen molar-refractivity contribution >= 4 is 0 Å². The van der Waals surface area contributed by atoms with Gasteiger partial charge in [0.2, 0.25) is 0 Å². The van der Waals surface area contributed by atoms with E-state index in [1.165, 1.54) is 37.9 Å². The Morgan fingerprint density at radius 3 is 2.83 bits per heavy atom. The van der Waals surface area contributed by atoms with Crippen molar-refractivity contribution in [2.24, 2.45) is 0 Å². The molecule has 1 atom stereocenters. The summed E-state index contributed by atoms with van der Waals surface area (Å²) in [4.78, 5) is 2.53. The minimum atomic E-state index is 0.701. The summed E-state index contributed by atoms with van der Waals surface area (Å²) in [5, 5.41) is 3.72. The number of nitrogens with zero attached hydrogens (tertiary/aromatic N) is 1. The van der Waals surface area contributed by atoms with E-state index in [0.29, 0.717) is 6.04 Å². The summed E-state index contributed by atoms with van der Waals surface area (Å²) in [5.74, 6) is 1.01. The van der Waals surface area contributed by atoms with E-state index in [1.54, 1.807) is 7.11 Å². The standard InChI is InChI=1S/C15H22N2O/c1-18-15-5-3-2-4-12(15)10-17-9-8-14(11-17)16-13-6-7-13/h2-5,13-14,16H,6-11H2,1H3. The van der Waals surface area contributed by atoms with Crippen molar-refractivity contribution < 1.29 is 4.74 Å². The normalized spacial score (nSPS) is 24.4. The molecule has 18 heavy (non-hydrogen) atoms. The number of likely N-dealkylation sites (tertiary alicyclic amines) is 1. The van der Waals surface area contributed by atoms with Gasteiger partial charge in [-0.1, -0.05) is 18.2 Å². The first-order chi connectivity index (χ1) is 8.85. The number of rotatable bonds is 5. The Labute approximate surface area is 109 Å². The molecule has 0 bridgehead atoms. The van der Waals surface area contributed by atoms with Crippen LogP contribution in [-0.4, -0.2) is 37.2 Å². The molecule has 0 amide bonds. The van der Waals surface area contributed by atoms with E-state index in [1.807, 2.05) is 12.1 Å². The van der Waals surface area contributed by atoms with Gasteiger partial charge >= 0.3 is 0 Å². The maximum Gasteiger partial charge on any atom is 0.123 e. The zero-order valence-corrected chi connectivity index (χ0v) is 11.1. The second kappa shape index (κ2) is 5.29. The fraction of sp³-hybridized carbons (Fsp3) is 0.600. The van der Waals surface area contributed by atoms with Crippen LogP contribution in [0.5, 0.6) is 5.75 Å². The average Bonchev–Trinajstić information content (AvgIpc) is 3.10. The third kappa shape index (κ3) is 2.85. The summed E-state index contributed by atoms with van der Waals surface area (Å²) in [5.41, 5.74) is 1.30. The number of ether oxygens (including phenoxy) is 1. The number of nitrogens with one attached hydrogen (secondary N) is 1. The topological polar surface area (TPSA) is 24.5 Å².